The Morgan fingerprint density at radius 3 is 2.70 bits per heavy atom. The van der Waals surface area contributed by atoms with Crippen LogP contribution in [0.5, 0.6) is 0 Å². The number of aryl methyl sites for hydroxylation is 1. The van der Waals surface area contributed by atoms with Crippen molar-refractivity contribution in [3.63, 3.8) is 0 Å². The Labute approximate surface area is 259 Å². The van der Waals surface area contributed by atoms with E-state index in [-0.39, 0.29) is 17.7 Å². The van der Waals surface area contributed by atoms with E-state index in [1.807, 2.05) is 61.1 Å². The molecule has 11 heteroatoms. The van der Waals surface area contributed by atoms with E-state index in [9.17, 15) is 15.2 Å². The van der Waals surface area contributed by atoms with Gasteiger partial charge in [0.1, 0.15) is 11.8 Å². The van der Waals surface area contributed by atoms with Crippen LogP contribution in [-0.4, -0.2) is 42.8 Å². The molecule has 0 aliphatic heterocycles. The molecule has 3 aliphatic carbocycles. The summed E-state index contributed by atoms with van der Waals surface area (Å²) in [5.74, 6) is 0.795. The lowest BCUT2D eigenvalue weighted by Gasteiger charge is -2.61. The van der Waals surface area contributed by atoms with E-state index in [4.69, 9.17) is 11.6 Å². The summed E-state index contributed by atoms with van der Waals surface area (Å²) < 4.78 is 3.59. The minimum Gasteiger partial charge on any atom is -0.396 e. The summed E-state index contributed by atoms with van der Waals surface area (Å²) in [6.45, 7) is 4.30. The lowest BCUT2D eigenvalue weighted by atomic mass is 9.50. The van der Waals surface area contributed by atoms with Crippen LogP contribution in [-0.2, 0) is 12.6 Å². The molecule has 0 unspecified atom stereocenters. The Bertz CT molecular complexity index is 2030. The number of benzene rings is 2. The molecule has 224 valence electrons. The van der Waals surface area contributed by atoms with Gasteiger partial charge in [-0.25, -0.2) is 4.68 Å². The van der Waals surface area contributed by atoms with E-state index in [2.05, 4.69) is 32.0 Å². The SMILES string of the molecule is Cn1ccc2c([C@H](Nc3cc(Cl)c4ncc(C#N)c(NCC(C)(C)CO)c4c3)c3cn(C45CC(C4)C5)nn3)cccc2c1=O. The van der Waals surface area contributed by atoms with Crippen molar-refractivity contribution >= 4 is 44.7 Å². The van der Waals surface area contributed by atoms with Crippen LogP contribution in [0.1, 0.15) is 56.0 Å². The molecule has 3 aliphatic rings. The second kappa shape index (κ2) is 10.3. The monoisotopic (exact) mass is 608 g/mol. The summed E-state index contributed by atoms with van der Waals surface area (Å²) in [5.41, 5.74) is 3.42. The number of fused-ring (bicyclic) bond motifs is 2. The van der Waals surface area contributed by atoms with E-state index in [1.165, 1.54) is 6.20 Å². The second-order valence-corrected chi connectivity index (χ2v) is 13.5. The van der Waals surface area contributed by atoms with Crippen molar-refractivity contribution < 1.29 is 5.11 Å². The van der Waals surface area contributed by atoms with Gasteiger partial charge >= 0.3 is 0 Å². The number of hydrogen-bond acceptors (Lipinski definition) is 8. The highest BCUT2D eigenvalue weighted by Gasteiger charge is 2.59. The molecule has 5 aromatic rings. The molecule has 2 aromatic carbocycles. The Balaban J connectivity index is 1.36. The van der Waals surface area contributed by atoms with Gasteiger partial charge in [-0.1, -0.05) is 42.8 Å². The summed E-state index contributed by atoms with van der Waals surface area (Å²) >= 11 is 6.82. The maximum Gasteiger partial charge on any atom is 0.258 e. The normalized spacial score (nSPS) is 19.7. The molecule has 8 rings (SSSR count). The summed E-state index contributed by atoms with van der Waals surface area (Å²) in [5, 5.41) is 38.5. The van der Waals surface area contributed by atoms with E-state index >= 15 is 0 Å². The lowest BCUT2D eigenvalue weighted by molar-refractivity contribution is -0.0989. The first-order valence-electron chi connectivity index (χ1n) is 14.8. The van der Waals surface area contributed by atoms with E-state index < -0.39 is 11.5 Å². The Morgan fingerprint density at radius 2 is 2.00 bits per heavy atom. The van der Waals surface area contributed by atoms with Crippen LogP contribution in [0.15, 0.2) is 59.8 Å². The maximum atomic E-state index is 13.1. The van der Waals surface area contributed by atoms with Gasteiger partial charge in [0, 0.05) is 54.5 Å². The van der Waals surface area contributed by atoms with Gasteiger partial charge in [-0.3, -0.25) is 9.78 Å². The smallest absolute Gasteiger partial charge is 0.258 e. The van der Waals surface area contributed by atoms with Crippen LogP contribution < -0.4 is 16.2 Å². The first kappa shape index (κ1) is 28.3. The van der Waals surface area contributed by atoms with Crippen LogP contribution in [0.25, 0.3) is 21.7 Å². The number of nitrogens with one attached hydrogen (secondary N) is 2. The van der Waals surface area contributed by atoms with Crippen molar-refractivity contribution in [2.75, 3.05) is 23.8 Å². The highest BCUT2D eigenvalue weighted by molar-refractivity contribution is 6.35. The van der Waals surface area contributed by atoms with Crippen molar-refractivity contribution in [1.82, 2.24) is 24.5 Å². The molecule has 0 radical (unpaired) electrons. The Kier molecular flexibility index (Phi) is 6.64. The topological polar surface area (TPSA) is 134 Å². The number of aromatic nitrogens is 5. The number of aliphatic hydroxyl groups is 1. The number of halogens is 1. The van der Waals surface area contributed by atoms with Crippen molar-refractivity contribution in [2.45, 2.75) is 44.7 Å². The van der Waals surface area contributed by atoms with Gasteiger partial charge in [-0.2, -0.15) is 5.26 Å². The zero-order chi connectivity index (χ0) is 30.8. The highest BCUT2D eigenvalue weighted by Crippen LogP contribution is 2.62. The molecule has 3 saturated carbocycles. The van der Waals surface area contributed by atoms with Crippen LogP contribution >= 0.6 is 11.6 Å². The molecule has 44 heavy (non-hydrogen) atoms. The summed E-state index contributed by atoms with van der Waals surface area (Å²) in [7, 11) is 1.74. The largest absolute Gasteiger partial charge is 0.396 e. The van der Waals surface area contributed by atoms with Gasteiger partial charge in [0.05, 0.1) is 39.6 Å². The number of hydrogen-bond donors (Lipinski definition) is 3. The average Bonchev–Trinajstić information content (AvgIpc) is 3.44. The number of pyridine rings is 2. The van der Waals surface area contributed by atoms with Gasteiger partial charge in [-0.05, 0) is 60.4 Å². The number of nitriles is 1. The molecule has 10 nitrogen and oxygen atoms in total. The average molecular weight is 609 g/mol. The van der Waals surface area contributed by atoms with E-state index in [0.29, 0.717) is 44.8 Å². The third-order valence-corrected chi connectivity index (χ3v) is 9.58. The predicted molar refractivity (Wildman–Crippen MR) is 171 cm³/mol. The number of anilines is 2. The Hall–Kier alpha value is -4.46. The van der Waals surface area contributed by atoms with Crippen LogP contribution in [0.2, 0.25) is 5.02 Å². The van der Waals surface area contributed by atoms with Crippen molar-refractivity contribution in [1.29, 1.82) is 5.26 Å². The fourth-order valence-electron chi connectivity index (χ4n) is 6.48. The maximum absolute atomic E-state index is 13.1. The van der Waals surface area contributed by atoms with Gasteiger partial charge in [0.25, 0.3) is 5.56 Å². The standard InChI is InChI=1S/C33H33ClN8O2/c1-32(2,18-43)17-37-28-20(14-35)15-36-29-25(28)9-21(10-26(29)34)38-30(27-16-42(40-39-27)33-11-19(12-33)13-33)23-5-4-6-24-22(23)7-8-41(3)31(24)44/h4-10,15-16,19,30,38,43H,11-13,17-18H2,1-3H3,(H,36,37)/t19?,30-,33?/m0/s1. The molecule has 3 fully saturated rings. The second-order valence-electron chi connectivity index (χ2n) is 13.1. The molecule has 2 bridgehead atoms. The van der Waals surface area contributed by atoms with E-state index in [0.717, 1.165) is 41.8 Å². The molecule has 0 amide bonds. The minimum atomic E-state index is -0.461. The first-order chi connectivity index (χ1) is 21.1. The Morgan fingerprint density at radius 1 is 1.20 bits per heavy atom. The van der Waals surface area contributed by atoms with Crippen molar-refractivity contribution in [3.05, 3.63) is 87.2 Å². The van der Waals surface area contributed by atoms with Gasteiger partial charge < -0.3 is 20.3 Å². The summed E-state index contributed by atoms with van der Waals surface area (Å²) in [6, 6.07) is 13.2. The molecule has 1 atom stereocenters. The number of rotatable bonds is 9. The van der Waals surface area contributed by atoms with Crippen LogP contribution in [0.4, 0.5) is 11.4 Å². The van der Waals surface area contributed by atoms with E-state index in [1.54, 1.807) is 17.8 Å². The summed E-state index contributed by atoms with van der Waals surface area (Å²) in [4.78, 5) is 17.6. The quantitative estimate of drug-likeness (QED) is 0.204. The molecule has 0 spiro atoms. The van der Waals surface area contributed by atoms with Gasteiger partial charge in [0.15, 0.2) is 0 Å². The zero-order valence-corrected chi connectivity index (χ0v) is 25.6. The summed E-state index contributed by atoms with van der Waals surface area (Å²) in [6.07, 6.45) is 8.71. The van der Waals surface area contributed by atoms with Crippen molar-refractivity contribution in [3.8, 4) is 6.07 Å². The molecular formula is C33H33ClN8O2. The molecular weight excluding hydrogens is 576 g/mol. The van der Waals surface area contributed by atoms with Crippen molar-refractivity contribution in [2.24, 2.45) is 18.4 Å². The molecule has 0 saturated heterocycles. The first-order valence-corrected chi connectivity index (χ1v) is 15.1. The molecule has 3 heterocycles. The fourth-order valence-corrected chi connectivity index (χ4v) is 6.75. The molecule has 3 aromatic heterocycles. The fraction of sp³-hybridized carbons (Fsp3) is 0.364. The predicted octanol–water partition coefficient (Wildman–Crippen LogP) is 5.34. The van der Waals surface area contributed by atoms with Gasteiger partial charge in [-0.15, -0.1) is 5.10 Å². The van der Waals surface area contributed by atoms with Crippen LogP contribution in [0, 0.1) is 22.7 Å². The lowest BCUT2D eigenvalue weighted by Crippen LogP contribution is -2.59. The molecule has 3 N–H and O–H groups in total. The van der Waals surface area contributed by atoms with Gasteiger partial charge in [0.2, 0.25) is 0 Å². The van der Waals surface area contributed by atoms with Crippen LogP contribution in [0.3, 0.4) is 0 Å². The zero-order valence-electron chi connectivity index (χ0n) is 24.8. The number of aliphatic hydroxyl groups excluding tert-OH is 1. The highest BCUT2D eigenvalue weighted by atomic mass is 35.5. The minimum absolute atomic E-state index is 0.0170. The third kappa shape index (κ3) is 4.59. The third-order valence-electron chi connectivity index (χ3n) is 9.29. The number of nitrogens with zero attached hydrogens (tertiary/aromatic N) is 6.